The van der Waals surface area contributed by atoms with Gasteiger partial charge in [0.25, 0.3) is 0 Å². The van der Waals surface area contributed by atoms with Gasteiger partial charge in [0.1, 0.15) is 5.82 Å². The summed E-state index contributed by atoms with van der Waals surface area (Å²) in [4.78, 5) is 14.2. The molecule has 0 amide bonds. The summed E-state index contributed by atoms with van der Waals surface area (Å²) >= 11 is 0. The Labute approximate surface area is 99.1 Å². The number of aliphatic carboxylic acids is 1. The fourth-order valence-corrected chi connectivity index (χ4v) is 1.57. The number of hydrogen-bond donors (Lipinski definition) is 2. The summed E-state index contributed by atoms with van der Waals surface area (Å²) in [7, 11) is -3.37. The Morgan fingerprint density at radius 3 is 2.82 bits per heavy atom. The van der Waals surface area contributed by atoms with Crippen molar-refractivity contribution >= 4 is 27.9 Å². The fraction of sp³-hybridized carbons (Fsp3) is 0.200. The molecule has 0 radical (unpaired) electrons. The molecular formula is C10H12N2O4S. The smallest absolute Gasteiger partial charge is 0.328 e. The highest BCUT2D eigenvalue weighted by molar-refractivity contribution is 7.92. The van der Waals surface area contributed by atoms with E-state index in [1.54, 1.807) is 12.1 Å². The number of pyridine rings is 1. The highest BCUT2D eigenvalue weighted by Crippen LogP contribution is 2.08. The SMILES string of the molecule is CCS(=O)(=O)Nc1cccc(/C=C/C(=O)O)n1. The lowest BCUT2D eigenvalue weighted by Crippen LogP contribution is -2.15. The number of hydrogen-bond acceptors (Lipinski definition) is 4. The van der Waals surface area contributed by atoms with Crippen LogP contribution in [0.3, 0.4) is 0 Å². The molecule has 0 aliphatic rings. The van der Waals surface area contributed by atoms with Gasteiger partial charge in [-0.2, -0.15) is 0 Å². The second-order valence-electron chi connectivity index (χ2n) is 3.12. The zero-order valence-corrected chi connectivity index (χ0v) is 9.94. The third-order valence-corrected chi connectivity index (χ3v) is 3.09. The largest absolute Gasteiger partial charge is 0.478 e. The van der Waals surface area contributed by atoms with E-state index in [1.807, 2.05) is 0 Å². The maximum absolute atomic E-state index is 11.3. The second-order valence-corrected chi connectivity index (χ2v) is 5.14. The number of anilines is 1. The van der Waals surface area contributed by atoms with E-state index in [0.29, 0.717) is 5.69 Å². The van der Waals surface area contributed by atoms with E-state index in [-0.39, 0.29) is 11.6 Å². The average molecular weight is 256 g/mol. The van der Waals surface area contributed by atoms with E-state index in [9.17, 15) is 13.2 Å². The van der Waals surface area contributed by atoms with Crippen molar-refractivity contribution in [3.8, 4) is 0 Å². The normalized spacial score (nSPS) is 11.6. The number of aromatic nitrogens is 1. The number of rotatable bonds is 5. The summed E-state index contributed by atoms with van der Waals surface area (Å²) < 4.78 is 24.8. The molecular weight excluding hydrogens is 244 g/mol. The van der Waals surface area contributed by atoms with Crippen LogP contribution in [0.15, 0.2) is 24.3 Å². The Bertz CT molecular complexity index is 537. The van der Waals surface area contributed by atoms with Crippen LogP contribution in [0.4, 0.5) is 5.82 Å². The first-order valence-corrected chi connectivity index (χ1v) is 6.47. The molecule has 0 saturated heterocycles. The van der Waals surface area contributed by atoms with Crippen LogP contribution in [0.25, 0.3) is 6.08 Å². The highest BCUT2D eigenvalue weighted by atomic mass is 32.2. The van der Waals surface area contributed by atoms with E-state index in [4.69, 9.17) is 5.11 Å². The zero-order chi connectivity index (χ0) is 12.9. The van der Waals surface area contributed by atoms with Gasteiger partial charge in [0, 0.05) is 6.08 Å². The molecule has 1 aromatic heterocycles. The van der Waals surface area contributed by atoms with Gasteiger partial charge in [-0.25, -0.2) is 18.2 Å². The molecule has 0 spiro atoms. The molecule has 0 bridgehead atoms. The minimum atomic E-state index is -3.37. The van der Waals surface area contributed by atoms with Gasteiger partial charge < -0.3 is 5.11 Å². The van der Waals surface area contributed by atoms with Crippen LogP contribution in [0, 0.1) is 0 Å². The predicted molar refractivity (Wildman–Crippen MR) is 64.0 cm³/mol. The topological polar surface area (TPSA) is 96.4 Å². The molecule has 0 atom stereocenters. The monoisotopic (exact) mass is 256 g/mol. The first kappa shape index (κ1) is 13.2. The molecule has 17 heavy (non-hydrogen) atoms. The van der Waals surface area contributed by atoms with Gasteiger partial charge in [-0.05, 0) is 25.1 Å². The van der Waals surface area contributed by atoms with E-state index in [2.05, 4.69) is 9.71 Å². The van der Waals surface area contributed by atoms with Gasteiger partial charge >= 0.3 is 5.97 Å². The van der Waals surface area contributed by atoms with E-state index in [0.717, 1.165) is 6.08 Å². The quantitative estimate of drug-likeness (QED) is 0.764. The standard InChI is InChI=1S/C10H12N2O4S/c1-2-17(15,16)12-9-5-3-4-8(11-9)6-7-10(13)14/h3-7H,2H2,1H3,(H,11,12)(H,13,14)/b7-6+. The van der Waals surface area contributed by atoms with Crippen molar-refractivity contribution in [2.75, 3.05) is 10.5 Å². The van der Waals surface area contributed by atoms with Crippen molar-refractivity contribution in [2.45, 2.75) is 6.92 Å². The second kappa shape index (κ2) is 5.44. The molecule has 0 fully saturated rings. The molecule has 92 valence electrons. The molecule has 6 nitrogen and oxygen atoms in total. The maximum Gasteiger partial charge on any atom is 0.328 e. The molecule has 0 unspecified atom stereocenters. The first-order chi connectivity index (χ1) is 7.93. The lowest BCUT2D eigenvalue weighted by atomic mass is 10.3. The van der Waals surface area contributed by atoms with E-state index in [1.165, 1.54) is 19.1 Å². The van der Waals surface area contributed by atoms with Gasteiger partial charge in [-0.3, -0.25) is 4.72 Å². The molecule has 0 aliphatic heterocycles. The molecule has 1 rings (SSSR count). The van der Waals surface area contributed by atoms with Gasteiger partial charge in [0.2, 0.25) is 10.0 Å². The summed E-state index contributed by atoms with van der Waals surface area (Å²) in [5.41, 5.74) is 0.365. The Kier molecular flexibility index (Phi) is 4.22. The van der Waals surface area contributed by atoms with Crippen LogP contribution < -0.4 is 4.72 Å². The number of nitrogens with one attached hydrogen (secondary N) is 1. The number of carboxylic acids is 1. The minimum Gasteiger partial charge on any atom is -0.478 e. The predicted octanol–water partition coefficient (Wildman–Crippen LogP) is 0.941. The van der Waals surface area contributed by atoms with Crippen molar-refractivity contribution in [1.82, 2.24) is 4.98 Å². The van der Waals surface area contributed by atoms with E-state index >= 15 is 0 Å². The number of nitrogens with zero attached hydrogens (tertiary/aromatic N) is 1. The third-order valence-electron chi connectivity index (χ3n) is 1.81. The van der Waals surface area contributed by atoms with Crippen LogP contribution >= 0.6 is 0 Å². The van der Waals surface area contributed by atoms with Crippen molar-refractivity contribution in [3.63, 3.8) is 0 Å². The lowest BCUT2D eigenvalue weighted by Gasteiger charge is -2.05. The molecule has 0 aromatic carbocycles. The Balaban J connectivity index is 2.90. The van der Waals surface area contributed by atoms with Crippen LogP contribution in [0.5, 0.6) is 0 Å². The summed E-state index contributed by atoms with van der Waals surface area (Å²) in [6, 6.07) is 4.65. The van der Waals surface area contributed by atoms with Gasteiger partial charge in [-0.15, -0.1) is 0 Å². The molecule has 1 aromatic rings. The minimum absolute atomic E-state index is 0.0517. The van der Waals surface area contributed by atoms with Crippen LogP contribution in [0.1, 0.15) is 12.6 Å². The summed E-state index contributed by atoms with van der Waals surface area (Å²) in [5, 5.41) is 8.44. The third kappa shape index (κ3) is 4.64. The molecule has 7 heteroatoms. The Morgan fingerprint density at radius 1 is 1.53 bits per heavy atom. The number of sulfonamides is 1. The van der Waals surface area contributed by atoms with Crippen molar-refractivity contribution < 1.29 is 18.3 Å². The van der Waals surface area contributed by atoms with Gasteiger partial charge in [0.05, 0.1) is 11.4 Å². The van der Waals surface area contributed by atoms with Crippen molar-refractivity contribution in [3.05, 3.63) is 30.0 Å². The Hall–Kier alpha value is -1.89. The van der Waals surface area contributed by atoms with Gasteiger partial charge in [0.15, 0.2) is 0 Å². The summed E-state index contributed by atoms with van der Waals surface area (Å²) in [6.07, 6.45) is 2.21. The summed E-state index contributed by atoms with van der Waals surface area (Å²) in [5.74, 6) is -0.977. The maximum atomic E-state index is 11.3. The van der Waals surface area contributed by atoms with Crippen LogP contribution in [0.2, 0.25) is 0 Å². The summed E-state index contributed by atoms with van der Waals surface area (Å²) in [6.45, 7) is 1.51. The van der Waals surface area contributed by atoms with Gasteiger partial charge in [-0.1, -0.05) is 6.07 Å². The van der Waals surface area contributed by atoms with E-state index < -0.39 is 16.0 Å². The molecule has 0 saturated carbocycles. The number of carbonyl (C=O) groups is 1. The zero-order valence-electron chi connectivity index (χ0n) is 9.12. The average Bonchev–Trinajstić information content (AvgIpc) is 2.26. The Morgan fingerprint density at radius 2 is 2.24 bits per heavy atom. The first-order valence-electron chi connectivity index (χ1n) is 4.81. The van der Waals surface area contributed by atoms with Crippen molar-refractivity contribution in [1.29, 1.82) is 0 Å². The lowest BCUT2D eigenvalue weighted by molar-refractivity contribution is -0.131. The van der Waals surface area contributed by atoms with Crippen LogP contribution in [-0.4, -0.2) is 30.2 Å². The molecule has 1 heterocycles. The highest BCUT2D eigenvalue weighted by Gasteiger charge is 2.07. The van der Waals surface area contributed by atoms with Crippen molar-refractivity contribution in [2.24, 2.45) is 0 Å². The number of carboxylic acid groups (broad SMARTS) is 1. The van der Waals surface area contributed by atoms with Crippen LogP contribution in [-0.2, 0) is 14.8 Å². The molecule has 2 N–H and O–H groups in total. The fourth-order valence-electron chi connectivity index (χ4n) is 0.989. The molecule has 0 aliphatic carbocycles.